The van der Waals surface area contributed by atoms with Crippen LogP contribution >= 0.6 is 23.1 Å². The van der Waals surface area contributed by atoms with E-state index in [1.165, 1.54) is 22.9 Å². The molecule has 0 saturated heterocycles. The first-order chi connectivity index (χ1) is 17.3. The van der Waals surface area contributed by atoms with Gasteiger partial charge in [0.2, 0.25) is 0 Å². The molecular formula is C29H23N3OS2. The maximum Gasteiger partial charge on any atom is 0.252 e. The highest BCUT2D eigenvalue weighted by Crippen LogP contribution is 2.41. The Hall–Kier alpha value is -3.48. The van der Waals surface area contributed by atoms with Gasteiger partial charge in [-0.2, -0.15) is 0 Å². The molecule has 0 radical (unpaired) electrons. The molecule has 2 aromatic heterocycles. The average Bonchev–Trinajstić information content (AvgIpc) is 3.35. The van der Waals surface area contributed by atoms with Crippen molar-refractivity contribution >= 4 is 39.2 Å². The standard InChI is InChI=1S/C29H23N3OS2/c33-27(32-24-15-8-12-19-11-4-5-13-21(19)24)22-14-6-7-16-25(22)35-29-26-23(20-9-2-1-3-10-20)17-34-28(26)30-18-31-29/h1-7,9-11,13-14,16-18,24H,8,12,15H2,(H,32,33)/t24-/m1/s1. The molecule has 35 heavy (non-hydrogen) atoms. The predicted molar refractivity (Wildman–Crippen MR) is 143 cm³/mol. The number of fused-ring (bicyclic) bond motifs is 2. The smallest absolute Gasteiger partial charge is 0.252 e. The predicted octanol–water partition coefficient (Wildman–Crippen LogP) is 7.32. The average molecular weight is 494 g/mol. The van der Waals surface area contributed by atoms with Gasteiger partial charge in [0.15, 0.2) is 0 Å². The van der Waals surface area contributed by atoms with Gasteiger partial charge >= 0.3 is 0 Å². The number of nitrogens with zero attached hydrogens (tertiary/aromatic N) is 2. The first-order valence-electron chi connectivity index (χ1n) is 11.7. The van der Waals surface area contributed by atoms with Crippen molar-refractivity contribution in [3.05, 3.63) is 107 Å². The van der Waals surface area contributed by atoms with Crippen LogP contribution in [0.25, 0.3) is 21.3 Å². The zero-order chi connectivity index (χ0) is 23.6. The third kappa shape index (κ3) is 4.35. The number of carbonyl (C=O) groups is 1. The highest BCUT2D eigenvalue weighted by molar-refractivity contribution is 7.99. The van der Waals surface area contributed by atoms with Gasteiger partial charge in [0, 0.05) is 15.8 Å². The second kappa shape index (κ2) is 9.64. The zero-order valence-electron chi connectivity index (χ0n) is 19.0. The lowest BCUT2D eigenvalue weighted by atomic mass is 9.87. The Balaban J connectivity index is 1.33. The normalized spacial score (nSPS) is 15.0. The molecule has 6 heteroatoms. The topological polar surface area (TPSA) is 54.9 Å². The Kier molecular flexibility index (Phi) is 6.06. The van der Waals surface area contributed by atoms with Gasteiger partial charge in [-0.25, -0.2) is 9.97 Å². The second-order valence-electron chi connectivity index (χ2n) is 8.59. The highest BCUT2D eigenvalue weighted by atomic mass is 32.2. The summed E-state index contributed by atoms with van der Waals surface area (Å²) in [4.78, 5) is 24.4. The molecule has 0 saturated carbocycles. The van der Waals surface area contributed by atoms with Crippen molar-refractivity contribution < 1.29 is 4.79 Å². The van der Waals surface area contributed by atoms with Crippen LogP contribution in [0, 0.1) is 0 Å². The highest BCUT2D eigenvalue weighted by Gasteiger charge is 2.23. The Labute approximate surface area is 212 Å². The number of aryl methyl sites for hydroxylation is 1. The Bertz CT molecular complexity index is 1510. The lowest BCUT2D eigenvalue weighted by Gasteiger charge is -2.26. The van der Waals surface area contributed by atoms with Crippen LogP contribution in [0.2, 0.25) is 0 Å². The van der Waals surface area contributed by atoms with E-state index in [0.717, 1.165) is 50.5 Å². The maximum atomic E-state index is 13.5. The van der Waals surface area contributed by atoms with E-state index in [0.29, 0.717) is 5.56 Å². The number of benzene rings is 3. The fourth-order valence-corrected chi connectivity index (χ4v) is 6.76. The zero-order valence-corrected chi connectivity index (χ0v) is 20.6. The molecule has 0 spiro atoms. The van der Waals surface area contributed by atoms with Crippen molar-refractivity contribution in [1.82, 2.24) is 15.3 Å². The van der Waals surface area contributed by atoms with E-state index in [-0.39, 0.29) is 11.9 Å². The molecule has 5 aromatic rings. The van der Waals surface area contributed by atoms with Gasteiger partial charge < -0.3 is 5.32 Å². The number of amides is 1. The van der Waals surface area contributed by atoms with Crippen molar-refractivity contribution in [2.45, 2.75) is 35.2 Å². The lowest BCUT2D eigenvalue weighted by Crippen LogP contribution is -2.31. The van der Waals surface area contributed by atoms with E-state index in [1.54, 1.807) is 17.7 Å². The molecule has 0 fully saturated rings. The van der Waals surface area contributed by atoms with Crippen LogP contribution in [0.3, 0.4) is 0 Å². The van der Waals surface area contributed by atoms with Crippen LogP contribution in [-0.4, -0.2) is 15.9 Å². The van der Waals surface area contributed by atoms with Gasteiger partial charge in [-0.15, -0.1) is 11.3 Å². The summed E-state index contributed by atoms with van der Waals surface area (Å²) in [6, 6.07) is 26.6. The summed E-state index contributed by atoms with van der Waals surface area (Å²) in [6.07, 6.45) is 4.72. The first-order valence-corrected chi connectivity index (χ1v) is 13.4. The van der Waals surface area contributed by atoms with E-state index in [9.17, 15) is 4.79 Å². The van der Waals surface area contributed by atoms with Crippen LogP contribution in [0.1, 0.15) is 40.4 Å². The molecule has 2 heterocycles. The molecule has 0 aliphatic heterocycles. The van der Waals surface area contributed by atoms with Crippen LogP contribution in [0.15, 0.2) is 100 Å². The minimum Gasteiger partial charge on any atom is -0.345 e. The van der Waals surface area contributed by atoms with Crippen molar-refractivity contribution in [2.24, 2.45) is 0 Å². The summed E-state index contributed by atoms with van der Waals surface area (Å²) in [6.45, 7) is 0. The number of nitrogens with one attached hydrogen (secondary N) is 1. The summed E-state index contributed by atoms with van der Waals surface area (Å²) in [5.41, 5.74) is 5.50. The molecule has 1 N–H and O–H groups in total. The van der Waals surface area contributed by atoms with Crippen molar-refractivity contribution in [1.29, 1.82) is 0 Å². The monoisotopic (exact) mass is 493 g/mol. The molecule has 172 valence electrons. The van der Waals surface area contributed by atoms with Gasteiger partial charge in [-0.3, -0.25) is 4.79 Å². The number of hydrogen-bond donors (Lipinski definition) is 1. The Morgan fingerprint density at radius 3 is 2.66 bits per heavy atom. The molecule has 4 nitrogen and oxygen atoms in total. The van der Waals surface area contributed by atoms with E-state index < -0.39 is 0 Å². The summed E-state index contributed by atoms with van der Waals surface area (Å²) in [7, 11) is 0. The van der Waals surface area contributed by atoms with E-state index in [1.807, 2.05) is 42.5 Å². The van der Waals surface area contributed by atoms with Gasteiger partial charge in [-0.1, -0.05) is 78.5 Å². The number of hydrogen-bond acceptors (Lipinski definition) is 5. The fraction of sp³-hybridized carbons (Fsp3) is 0.138. The van der Waals surface area contributed by atoms with E-state index in [2.05, 4.69) is 57.1 Å². The minimum absolute atomic E-state index is 0.0396. The van der Waals surface area contributed by atoms with E-state index >= 15 is 0 Å². The third-order valence-electron chi connectivity index (χ3n) is 6.43. The van der Waals surface area contributed by atoms with Crippen LogP contribution in [0.4, 0.5) is 0 Å². The third-order valence-corrected chi connectivity index (χ3v) is 8.40. The molecule has 1 amide bonds. The van der Waals surface area contributed by atoms with Crippen molar-refractivity contribution in [3.8, 4) is 11.1 Å². The number of aromatic nitrogens is 2. The van der Waals surface area contributed by atoms with Crippen molar-refractivity contribution in [3.63, 3.8) is 0 Å². The minimum atomic E-state index is -0.0475. The molecule has 3 aromatic carbocycles. The second-order valence-corrected chi connectivity index (χ2v) is 10.5. The number of rotatable bonds is 5. The van der Waals surface area contributed by atoms with Gasteiger partial charge in [0.05, 0.1) is 17.0 Å². The van der Waals surface area contributed by atoms with Gasteiger partial charge in [0.25, 0.3) is 5.91 Å². The SMILES string of the molecule is O=C(N[C@@H]1CCCc2ccccc21)c1ccccc1Sc1ncnc2scc(-c3ccccc3)c12. The lowest BCUT2D eigenvalue weighted by molar-refractivity contribution is 0.0930. The molecule has 1 aliphatic carbocycles. The Morgan fingerprint density at radius 1 is 0.943 bits per heavy atom. The summed E-state index contributed by atoms with van der Waals surface area (Å²) >= 11 is 3.14. The van der Waals surface area contributed by atoms with Crippen LogP contribution in [-0.2, 0) is 6.42 Å². The van der Waals surface area contributed by atoms with Crippen molar-refractivity contribution in [2.75, 3.05) is 0 Å². The first kappa shape index (κ1) is 22.0. The van der Waals surface area contributed by atoms with E-state index in [4.69, 9.17) is 0 Å². The molecule has 1 aliphatic rings. The molecule has 0 unspecified atom stereocenters. The largest absolute Gasteiger partial charge is 0.345 e. The molecule has 6 rings (SSSR count). The molecule has 1 atom stereocenters. The summed E-state index contributed by atoms with van der Waals surface area (Å²) < 4.78 is 0. The quantitative estimate of drug-likeness (QED) is 0.261. The number of carbonyl (C=O) groups excluding carboxylic acids is 1. The summed E-state index contributed by atoms with van der Waals surface area (Å²) in [5.74, 6) is -0.0475. The maximum absolute atomic E-state index is 13.5. The van der Waals surface area contributed by atoms with Crippen LogP contribution in [0.5, 0.6) is 0 Å². The van der Waals surface area contributed by atoms with Crippen LogP contribution < -0.4 is 5.32 Å². The molecular weight excluding hydrogens is 470 g/mol. The molecule has 0 bridgehead atoms. The fourth-order valence-electron chi connectivity index (χ4n) is 4.74. The van der Waals surface area contributed by atoms with Gasteiger partial charge in [0.1, 0.15) is 16.2 Å². The summed E-state index contributed by atoms with van der Waals surface area (Å²) in [5, 5.41) is 7.33. The number of thiophene rings is 1. The Morgan fingerprint density at radius 2 is 1.74 bits per heavy atom. The van der Waals surface area contributed by atoms with Gasteiger partial charge in [-0.05, 0) is 48.1 Å².